The molecule has 4 nitrogen and oxygen atoms in total. The molecule has 1 saturated carbocycles. The second-order valence-electron chi connectivity index (χ2n) is 8.01. The lowest BCUT2D eigenvalue weighted by atomic mass is 9.63. The van der Waals surface area contributed by atoms with Crippen molar-refractivity contribution in [1.29, 1.82) is 0 Å². The molecule has 140 valence electrons. The second kappa shape index (κ2) is 7.15. The van der Waals surface area contributed by atoms with Crippen molar-refractivity contribution in [2.75, 3.05) is 7.11 Å². The number of methoxy groups -OCH3 is 1. The Morgan fingerprint density at radius 1 is 1.26 bits per heavy atom. The molecule has 2 aliphatic rings. The van der Waals surface area contributed by atoms with Crippen LogP contribution in [0.3, 0.4) is 0 Å². The van der Waals surface area contributed by atoms with Crippen LogP contribution in [0.15, 0.2) is 40.5 Å². The summed E-state index contributed by atoms with van der Waals surface area (Å²) in [6, 6.07) is 7.51. The Morgan fingerprint density at radius 2 is 1.93 bits per heavy atom. The number of allylic oxidation sites excluding steroid dienone is 1. The first-order valence-corrected chi connectivity index (χ1v) is 9.29. The van der Waals surface area contributed by atoms with Crippen molar-refractivity contribution in [3.63, 3.8) is 0 Å². The summed E-state index contributed by atoms with van der Waals surface area (Å²) in [4.78, 5) is 30.5. The molecule has 0 N–H and O–H groups in total. The highest BCUT2D eigenvalue weighted by atomic mass is 16.5. The topological polar surface area (TPSA) is 55.7 Å². The van der Waals surface area contributed by atoms with E-state index in [9.17, 15) is 9.59 Å². The van der Waals surface area contributed by atoms with E-state index in [2.05, 4.69) is 19.8 Å². The zero-order chi connectivity index (χ0) is 19.8. The molecule has 4 heteroatoms. The Bertz CT molecular complexity index is 881. The van der Waals surface area contributed by atoms with Crippen molar-refractivity contribution >= 4 is 17.5 Å². The van der Waals surface area contributed by atoms with Gasteiger partial charge in [0, 0.05) is 23.6 Å². The lowest BCUT2D eigenvalue weighted by Gasteiger charge is -2.41. The summed E-state index contributed by atoms with van der Waals surface area (Å²) in [6.45, 7) is 6.15. The molecule has 0 bridgehead atoms. The first kappa shape index (κ1) is 19.1. The Morgan fingerprint density at radius 3 is 2.48 bits per heavy atom. The van der Waals surface area contributed by atoms with Crippen LogP contribution in [0.25, 0.3) is 0 Å². The minimum Gasteiger partial charge on any atom is -0.466 e. The number of Topliss-reactive ketones (excluding diaryl/α,β-unsaturated/α-hetero) is 1. The Labute approximate surface area is 160 Å². The number of hydrogen-bond acceptors (Lipinski definition) is 4. The van der Waals surface area contributed by atoms with Crippen LogP contribution in [0.5, 0.6) is 0 Å². The van der Waals surface area contributed by atoms with Gasteiger partial charge in [0.15, 0.2) is 0 Å². The fourth-order valence-corrected chi connectivity index (χ4v) is 4.27. The highest BCUT2D eigenvalue weighted by molar-refractivity contribution is 6.12. The van der Waals surface area contributed by atoms with E-state index in [1.54, 1.807) is 0 Å². The third-order valence-electron chi connectivity index (χ3n) is 5.43. The molecule has 2 unspecified atom stereocenters. The minimum absolute atomic E-state index is 0.119. The lowest BCUT2D eigenvalue weighted by Crippen LogP contribution is -2.44. The van der Waals surface area contributed by atoms with E-state index in [0.717, 1.165) is 23.3 Å². The van der Waals surface area contributed by atoms with Gasteiger partial charge in [-0.3, -0.25) is 9.79 Å². The number of carbonyl (C=O) groups is 2. The molecule has 1 aliphatic carbocycles. The monoisotopic (exact) mass is 363 g/mol. The predicted octanol–water partition coefficient (Wildman–Crippen LogP) is 4.05. The average Bonchev–Trinajstić information content (AvgIpc) is 2.64. The molecule has 0 saturated heterocycles. The van der Waals surface area contributed by atoms with Gasteiger partial charge in [0.1, 0.15) is 5.78 Å². The number of ketones is 1. The summed E-state index contributed by atoms with van der Waals surface area (Å²) in [7, 11) is 1.37. The normalized spacial score (nSPS) is 24.0. The van der Waals surface area contributed by atoms with Gasteiger partial charge < -0.3 is 4.74 Å². The van der Waals surface area contributed by atoms with Crippen LogP contribution in [0.1, 0.15) is 57.1 Å². The number of benzene rings is 1. The van der Waals surface area contributed by atoms with E-state index in [-0.39, 0.29) is 17.1 Å². The maximum absolute atomic E-state index is 13.1. The predicted molar refractivity (Wildman–Crippen MR) is 105 cm³/mol. The maximum Gasteiger partial charge on any atom is 0.336 e. The number of carbonyl (C=O) groups excluding carboxylic acids is 2. The number of fused-ring (bicyclic) bond motifs is 1. The Balaban J connectivity index is 2.20. The molecule has 1 fully saturated rings. The van der Waals surface area contributed by atoms with Crippen LogP contribution in [0.2, 0.25) is 0 Å². The number of esters is 1. The van der Waals surface area contributed by atoms with Gasteiger partial charge in [0.2, 0.25) is 0 Å². The van der Waals surface area contributed by atoms with E-state index < -0.39 is 11.9 Å². The van der Waals surface area contributed by atoms with E-state index in [1.165, 1.54) is 7.11 Å². The van der Waals surface area contributed by atoms with E-state index in [0.29, 0.717) is 24.1 Å². The molecule has 3 rings (SSSR count). The molecule has 2 atom stereocenters. The summed E-state index contributed by atoms with van der Waals surface area (Å²) < 4.78 is 5.06. The van der Waals surface area contributed by atoms with Crippen LogP contribution in [0, 0.1) is 23.7 Å². The van der Waals surface area contributed by atoms with Gasteiger partial charge in [-0.05, 0) is 36.0 Å². The van der Waals surface area contributed by atoms with E-state index in [4.69, 9.17) is 16.2 Å². The molecular weight excluding hydrogens is 338 g/mol. The van der Waals surface area contributed by atoms with E-state index in [1.807, 2.05) is 31.2 Å². The van der Waals surface area contributed by atoms with Gasteiger partial charge in [-0.15, -0.1) is 6.42 Å². The van der Waals surface area contributed by atoms with Gasteiger partial charge in [-0.1, -0.05) is 38.8 Å². The van der Waals surface area contributed by atoms with Crippen molar-refractivity contribution in [3.8, 4) is 12.3 Å². The molecule has 0 amide bonds. The number of aliphatic imine (C=N–C) groups is 1. The fraction of sp³-hybridized carbons (Fsp3) is 0.435. The van der Waals surface area contributed by atoms with Gasteiger partial charge in [-0.25, -0.2) is 4.79 Å². The molecule has 1 heterocycles. The minimum atomic E-state index is -0.418. The van der Waals surface area contributed by atoms with Gasteiger partial charge in [-0.2, -0.15) is 0 Å². The van der Waals surface area contributed by atoms with E-state index >= 15 is 0 Å². The molecule has 0 spiro atoms. The zero-order valence-corrected chi connectivity index (χ0v) is 16.3. The molecule has 0 aromatic heterocycles. The third kappa shape index (κ3) is 3.47. The average molecular weight is 363 g/mol. The van der Waals surface area contributed by atoms with Gasteiger partial charge in [0.25, 0.3) is 0 Å². The van der Waals surface area contributed by atoms with Crippen LogP contribution in [-0.2, 0) is 14.3 Å². The maximum atomic E-state index is 13.1. The number of terminal acetylenes is 1. The van der Waals surface area contributed by atoms with Gasteiger partial charge in [0.05, 0.1) is 24.3 Å². The quantitative estimate of drug-likeness (QED) is 0.601. The molecule has 1 aromatic carbocycles. The van der Waals surface area contributed by atoms with Crippen molar-refractivity contribution in [2.24, 2.45) is 16.3 Å². The number of hydrogen-bond donors (Lipinski definition) is 0. The van der Waals surface area contributed by atoms with Crippen molar-refractivity contribution in [3.05, 3.63) is 46.7 Å². The van der Waals surface area contributed by atoms with Gasteiger partial charge >= 0.3 is 5.97 Å². The summed E-state index contributed by atoms with van der Waals surface area (Å²) in [5.74, 6) is 1.52. The summed E-state index contributed by atoms with van der Waals surface area (Å²) in [5.41, 5.74) is 3.63. The van der Waals surface area contributed by atoms with Crippen molar-refractivity contribution < 1.29 is 14.3 Å². The summed E-state index contributed by atoms with van der Waals surface area (Å²) in [5, 5.41) is 0. The Kier molecular flexibility index (Phi) is 5.06. The summed E-state index contributed by atoms with van der Waals surface area (Å²) in [6.07, 6.45) is 7.30. The molecule has 0 radical (unpaired) electrons. The number of nitrogens with zero attached hydrogens (tertiary/aromatic N) is 1. The lowest BCUT2D eigenvalue weighted by molar-refractivity contribution is -0.136. The zero-order valence-electron chi connectivity index (χ0n) is 16.3. The first-order valence-electron chi connectivity index (χ1n) is 9.29. The Hall–Kier alpha value is -2.67. The highest BCUT2D eigenvalue weighted by Crippen LogP contribution is 2.47. The fourth-order valence-electron chi connectivity index (χ4n) is 4.27. The SMILES string of the molecule is C#Cc1ccc(C2C(C(=O)OC)=C(CC)N=C3CC(C)(C)CC(=O)C32)cc1. The molecule has 1 aliphatic heterocycles. The standard InChI is InChI=1S/C23H25NO3/c1-6-14-8-10-15(11-9-14)19-20-17(12-23(3,4)13-18(20)25)24-16(7-2)21(19)22(26)27-5/h1,8-11,19-20H,7,12-13H2,2-5H3. The van der Waals surface area contributed by atoms with Crippen LogP contribution < -0.4 is 0 Å². The van der Waals surface area contributed by atoms with Crippen LogP contribution in [0.4, 0.5) is 0 Å². The van der Waals surface area contributed by atoms with Crippen LogP contribution in [-0.4, -0.2) is 24.6 Å². The third-order valence-corrected chi connectivity index (χ3v) is 5.43. The molecular formula is C23H25NO3. The first-order chi connectivity index (χ1) is 12.8. The second-order valence-corrected chi connectivity index (χ2v) is 8.01. The number of ether oxygens (including phenoxy) is 1. The van der Waals surface area contributed by atoms with Crippen molar-refractivity contribution in [2.45, 2.75) is 46.0 Å². The smallest absolute Gasteiger partial charge is 0.336 e. The largest absolute Gasteiger partial charge is 0.466 e. The molecule has 27 heavy (non-hydrogen) atoms. The highest BCUT2D eigenvalue weighted by Gasteiger charge is 2.47. The number of rotatable bonds is 3. The van der Waals surface area contributed by atoms with Crippen molar-refractivity contribution in [1.82, 2.24) is 0 Å². The molecule has 1 aromatic rings. The van der Waals surface area contributed by atoms with Crippen LogP contribution >= 0.6 is 0 Å². The summed E-state index contributed by atoms with van der Waals surface area (Å²) >= 11 is 0.